The maximum Gasteiger partial charge on any atom is 0.338 e. The number of benzene rings is 1. The quantitative estimate of drug-likeness (QED) is 0.618. The molecule has 0 spiro atoms. The lowest BCUT2D eigenvalue weighted by Gasteiger charge is -2.14. The first kappa shape index (κ1) is 21.6. The van der Waals surface area contributed by atoms with Crippen molar-refractivity contribution < 1.29 is 27.5 Å². The van der Waals surface area contributed by atoms with E-state index >= 15 is 0 Å². The summed E-state index contributed by atoms with van der Waals surface area (Å²) in [6.45, 7) is 4.31. The van der Waals surface area contributed by atoms with Gasteiger partial charge in [0, 0.05) is 19.7 Å². The monoisotopic (exact) mass is 418 g/mol. The molecule has 8 nitrogen and oxygen atoms in total. The van der Waals surface area contributed by atoms with Crippen LogP contribution in [0.2, 0.25) is 5.02 Å². The highest BCUT2D eigenvalue weighted by atomic mass is 35.5. The molecule has 2 atom stereocenters. The van der Waals surface area contributed by atoms with Crippen molar-refractivity contribution in [1.29, 1.82) is 0 Å². The number of hydrogen-bond acceptors (Lipinski definition) is 6. The summed E-state index contributed by atoms with van der Waals surface area (Å²) in [4.78, 5) is 23.7. The summed E-state index contributed by atoms with van der Waals surface area (Å²) in [5, 5.41) is 2.51. The van der Waals surface area contributed by atoms with E-state index in [0.717, 1.165) is 18.9 Å². The molecule has 0 bridgehead atoms. The lowest BCUT2D eigenvalue weighted by atomic mass is 10.2. The van der Waals surface area contributed by atoms with E-state index in [0.29, 0.717) is 13.2 Å². The first-order valence-electron chi connectivity index (χ1n) is 8.64. The van der Waals surface area contributed by atoms with E-state index in [9.17, 15) is 18.0 Å². The van der Waals surface area contributed by atoms with Gasteiger partial charge in [0.15, 0.2) is 6.10 Å². The Hall–Kier alpha value is -1.68. The van der Waals surface area contributed by atoms with Crippen LogP contribution in [-0.4, -0.2) is 52.2 Å². The molecule has 1 saturated heterocycles. The van der Waals surface area contributed by atoms with Crippen LogP contribution < -0.4 is 10.0 Å². The van der Waals surface area contributed by atoms with Crippen molar-refractivity contribution in [1.82, 2.24) is 10.0 Å². The number of halogens is 1. The summed E-state index contributed by atoms with van der Waals surface area (Å²) in [5.41, 5.74) is -0.0203. The number of esters is 1. The van der Waals surface area contributed by atoms with Crippen molar-refractivity contribution in [3.8, 4) is 0 Å². The Morgan fingerprint density at radius 3 is 2.78 bits per heavy atom. The third kappa shape index (κ3) is 5.90. The highest BCUT2D eigenvalue weighted by molar-refractivity contribution is 7.89. The fraction of sp³-hybridized carbons (Fsp3) is 0.529. The summed E-state index contributed by atoms with van der Waals surface area (Å²) in [6.07, 6.45) is 0.481. The van der Waals surface area contributed by atoms with Crippen LogP contribution in [0.5, 0.6) is 0 Å². The Bertz CT molecular complexity index is 793. The zero-order valence-electron chi connectivity index (χ0n) is 15.2. The average Bonchev–Trinajstić information content (AvgIpc) is 3.14. The molecule has 2 N–H and O–H groups in total. The third-order valence-electron chi connectivity index (χ3n) is 3.99. The fourth-order valence-corrected chi connectivity index (χ4v) is 4.11. The van der Waals surface area contributed by atoms with Crippen molar-refractivity contribution in [2.75, 3.05) is 19.7 Å². The number of ether oxygens (including phenoxy) is 2. The largest absolute Gasteiger partial charge is 0.449 e. The molecule has 1 aliphatic rings. The fourth-order valence-electron chi connectivity index (χ4n) is 2.52. The summed E-state index contributed by atoms with van der Waals surface area (Å²) in [6, 6.07) is 3.77. The van der Waals surface area contributed by atoms with E-state index < -0.39 is 28.0 Å². The minimum absolute atomic E-state index is 0.0203. The molecule has 1 amide bonds. The first-order valence-corrected chi connectivity index (χ1v) is 10.5. The van der Waals surface area contributed by atoms with Gasteiger partial charge in [0.2, 0.25) is 10.0 Å². The molecule has 1 heterocycles. The number of amides is 1. The number of likely N-dealkylation sites (N-methyl/N-ethyl adjacent to an activating group) is 1. The Kier molecular flexibility index (Phi) is 7.60. The van der Waals surface area contributed by atoms with E-state index in [2.05, 4.69) is 10.0 Å². The molecule has 150 valence electrons. The molecule has 2 rings (SSSR count). The van der Waals surface area contributed by atoms with Gasteiger partial charge in [-0.2, -0.15) is 0 Å². The minimum Gasteiger partial charge on any atom is -0.449 e. The molecular formula is C17H23ClN2O6S. The Balaban J connectivity index is 2.12. The summed E-state index contributed by atoms with van der Waals surface area (Å²) >= 11 is 6.01. The number of hydrogen-bond donors (Lipinski definition) is 2. The minimum atomic E-state index is -3.94. The highest BCUT2D eigenvalue weighted by Gasteiger charge is 2.25. The predicted octanol–water partition coefficient (Wildman–Crippen LogP) is 1.48. The van der Waals surface area contributed by atoms with Crippen LogP contribution in [0.15, 0.2) is 23.1 Å². The number of carbonyl (C=O) groups is 2. The molecular weight excluding hydrogens is 396 g/mol. The molecule has 1 aliphatic heterocycles. The summed E-state index contributed by atoms with van der Waals surface area (Å²) < 4.78 is 38.0. The highest BCUT2D eigenvalue weighted by Crippen LogP contribution is 2.23. The maximum atomic E-state index is 12.5. The van der Waals surface area contributed by atoms with Crippen molar-refractivity contribution >= 4 is 33.5 Å². The lowest BCUT2D eigenvalue weighted by molar-refractivity contribution is -0.128. The van der Waals surface area contributed by atoms with Gasteiger partial charge in [0.05, 0.1) is 16.7 Å². The Morgan fingerprint density at radius 2 is 2.15 bits per heavy atom. The van der Waals surface area contributed by atoms with Gasteiger partial charge in [-0.05, 0) is 44.9 Å². The van der Waals surface area contributed by atoms with Crippen LogP contribution in [-0.2, 0) is 24.3 Å². The second-order valence-electron chi connectivity index (χ2n) is 6.07. The van der Waals surface area contributed by atoms with Crippen molar-refractivity contribution in [3.05, 3.63) is 28.8 Å². The Morgan fingerprint density at radius 1 is 1.41 bits per heavy atom. The van der Waals surface area contributed by atoms with Crippen LogP contribution in [0.3, 0.4) is 0 Å². The predicted molar refractivity (Wildman–Crippen MR) is 99.2 cm³/mol. The van der Waals surface area contributed by atoms with Gasteiger partial charge in [-0.3, -0.25) is 4.79 Å². The van der Waals surface area contributed by atoms with E-state index in [4.69, 9.17) is 21.1 Å². The smallest absolute Gasteiger partial charge is 0.338 e. The van der Waals surface area contributed by atoms with Crippen LogP contribution in [0.25, 0.3) is 0 Å². The number of carbonyl (C=O) groups excluding carboxylic acids is 2. The van der Waals surface area contributed by atoms with Crippen molar-refractivity contribution in [3.63, 3.8) is 0 Å². The maximum absolute atomic E-state index is 12.5. The molecule has 0 unspecified atom stereocenters. The van der Waals surface area contributed by atoms with Gasteiger partial charge in [0.25, 0.3) is 5.91 Å². The molecule has 1 fully saturated rings. The van der Waals surface area contributed by atoms with Gasteiger partial charge in [-0.1, -0.05) is 11.6 Å². The van der Waals surface area contributed by atoms with Crippen LogP contribution in [0.4, 0.5) is 0 Å². The zero-order valence-corrected chi connectivity index (χ0v) is 16.7. The second-order valence-corrected chi connectivity index (χ2v) is 8.22. The average molecular weight is 419 g/mol. The number of rotatable bonds is 8. The van der Waals surface area contributed by atoms with Gasteiger partial charge in [-0.25, -0.2) is 17.9 Å². The van der Waals surface area contributed by atoms with Gasteiger partial charge in [0.1, 0.15) is 4.90 Å². The number of sulfonamides is 1. The standard InChI is InChI=1S/C17H23ClN2O6S/c1-3-19-16(21)11(2)26-17(22)12-6-7-14(18)15(9-12)27(23,24)20-10-13-5-4-8-25-13/h6-7,9,11,13,20H,3-5,8,10H2,1-2H3,(H,19,21)/t11-,13+/m0/s1. The molecule has 0 aromatic heterocycles. The SMILES string of the molecule is CCNC(=O)[C@H](C)OC(=O)c1ccc(Cl)c(S(=O)(=O)NC[C@H]2CCCO2)c1. The molecule has 1 aromatic carbocycles. The summed E-state index contributed by atoms with van der Waals surface area (Å²) in [7, 11) is -3.94. The Labute approximate surface area is 163 Å². The molecule has 1 aromatic rings. The normalized spacial score (nSPS) is 18.1. The van der Waals surface area contributed by atoms with Gasteiger partial charge in [-0.15, -0.1) is 0 Å². The van der Waals surface area contributed by atoms with Crippen LogP contribution >= 0.6 is 11.6 Å². The zero-order chi connectivity index (χ0) is 20.0. The van der Waals surface area contributed by atoms with Crippen molar-refractivity contribution in [2.45, 2.75) is 43.8 Å². The van der Waals surface area contributed by atoms with E-state index in [1.807, 2.05) is 0 Å². The van der Waals surface area contributed by atoms with E-state index in [1.54, 1.807) is 6.92 Å². The number of nitrogens with one attached hydrogen (secondary N) is 2. The molecule has 0 saturated carbocycles. The first-order chi connectivity index (χ1) is 12.7. The molecule has 0 radical (unpaired) electrons. The topological polar surface area (TPSA) is 111 Å². The molecule has 10 heteroatoms. The molecule has 27 heavy (non-hydrogen) atoms. The summed E-state index contributed by atoms with van der Waals surface area (Å²) in [5.74, 6) is -1.26. The van der Waals surface area contributed by atoms with E-state index in [1.165, 1.54) is 19.1 Å². The molecule has 0 aliphatic carbocycles. The van der Waals surface area contributed by atoms with Crippen LogP contribution in [0.1, 0.15) is 37.0 Å². The van der Waals surface area contributed by atoms with Gasteiger partial charge < -0.3 is 14.8 Å². The lowest BCUT2D eigenvalue weighted by Crippen LogP contribution is -2.35. The van der Waals surface area contributed by atoms with Crippen LogP contribution in [0, 0.1) is 0 Å². The van der Waals surface area contributed by atoms with Crippen molar-refractivity contribution in [2.24, 2.45) is 0 Å². The third-order valence-corrected chi connectivity index (χ3v) is 5.89. The van der Waals surface area contributed by atoms with E-state index in [-0.39, 0.29) is 28.1 Å². The second kappa shape index (κ2) is 9.50. The van der Waals surface area contributed by atoms with Gasteiger partial charge >= 0.3 is 5.97 Å².